The lowest BCUT2D eigenvalue weighted by Gasteiger charge is -2.34. The number of nitrogens with one attached hydrogen (secondary N) is 1. The van der Waals surface area contributed by atoms with Crippen LogP contribution in [0.2, 0.25) is 0 Å². The molecule has 1 aliphatic heterocycles. The summed E-state index contributed by atoms with van der Waals surface area (Å²) >= 11 is 3.34. The Balaban J connectivity index is 1.83. The van der Waals surface area contributed by atoms with Crippen molar-refractivity contribution in [1.29, 1.82) is 0 Å². The molecular formula is C15H19BrN4O3. The maximum absolute atomic E-state index is 12.4. The van der Waals surface area contributed by atoms with Crippen molar-refractivity contribution in [2.45, 2.75) is 0 Å². The average Bonchev–Trinajstić information content (AvgIpc) is 2.59. The number of carbonyl (C=O) groups excluding carboxylic acids is 3. The van der Waals surface area contributed by atoms with Crippen LogP contribution < -0.4 is 11.1 Å². The number of amides is 3. The van der Waals surface area contributed by atoms with Crippen LogP contribution in [0.15, 0.2) is 28.7 Å². The van der Waals surface area contributed by atoms with Crippen LogP contribution in [0.5, 0.6) is 0 Å². The van der Waals surface area contributed by atoms with E-state index in [1.54, 1.807) is 21.9 Å². The summed E-state index contributed by atoms with van der Waals surface area (Å²) in [7, 11) is 0. The van der Waals surface area contributed by atoms with E-state index in [0.717, 1.165) is 4.47 Å². The van der Waals surface area contributed by atoms with Crippen molar-refractivity contribution in [3.8, 4) is 0 Å². The first-order valence-electron chi connectivity index (χ1n) is 7.30. The number of nitrogens with zero attached hydrogens (tertiary/aromatic N) is 2. The smallest absolute Gasteiger partial charge is 0.253 e. The highest BCUT2D eigenvalue weighted by atomic mass is 79.9. The first-order chi connectivity index (χ1) is 11.0. The molecule has 1 aromatic carbocycles. The van der Waals surface area contributed by atoms with Crippen molar-refractivity contribution in [2.24, 2.45) is 5.73 Å². The van der Waals surface area contributed by atoms with E-state index in [4.69, 9.17) is 5.73 Å². The molecule has 2 rings (SSSR count). The highest BCUT2D eigenvalue weighted by Gasteiger charge is 2.24. The number of hydrogen-bond acceptors (Lipinski definition) is 4. The van der Waals surface area contributed by atoms with Crippen molar-refractivity contribution in [3.05, 3.63) is 34.3 Å². The Kier molecular flexibility index (Phi) is 6.12. The SMILES string of the molecule is NCC(=O)NCC(=O)N1CCN(C(=O)c2ccc(Br)cc2)CC1. The van der Waals surface area contributed by atoms with Gasteiger partial charge in [0, 0.05) is 36.2 Å². The number of rotatable bonds is 4. The third kappa shape index (κ3) is 4.77. The minimum Gasteiger partial charge on any atom is -0.346 e. The number of nitrogens with two attached hydrogens (primary N) is 1. The third-order valence-corrected chi connectivity index (χ3v) is 4.16. The molecule has 0 radical (unpaired) electrons. The summed E-state index contributed by atoms with van der Waals surface area (Å²) in [5.41, 5.74) is 5.80. The number of hydrogen-bond donors (Lipinski definition) is 2. The van der Waals surface area contributed by atoms with Gasteiger partial charge >= 0.3 is 0 Å². The van der Waals surface area contributed by atoms with Gasteiger partial charge in [0.2, 0.25) is 11.8 Å². The van der Waals surface area contributed by atoms with Crippen LogP contribution in [-0.4, -0.2) is 66.8 Å². The Hall–Kier alpha value is -1.93. The van der Waals surface area contributed by atoms with Gasteiger partial charge in [0.15, 0.2) is 0 Å². The molecule has 1 aromatic rings. The van der Waals surface area contributed by atoms with Crippen LogP contribution in [-0.2, 0) is 9.59 Å². The molecule has 0 saturated carbocycles. The second-order valence-electron chi connectivity index (χ2n) is 5.16. The molecule has 7 nitrogen and oxygen atoms in total. The maximum Gasteiger partial charge on any atom is 0.253 e. The molecule has 0 aromatic heterocycles. The predicted molar refractivity (Wildman–Crippen MR) is 88.7 cm³/mol. The Morgan fingerprint density at radius 2 is 1.61 bits per heavy atom. The summed E-state index contributed by atoms with van der Waals surface area (Å²) in [4.78, 5) is 38.8. The first-order valence-corrected chi connectivity index (χ1v) is 8.10. The average molecular weight is 383 g/mol. The Morgan fingerprint density at radius 1 is 1.04 bits per heavy atom. The number of benzene rings is 1. The van der Waals surface area contributed by atoms with Gasteiger partial charge in [0.1, 0.15) is 0 Å². The van der Waals surface area contributed by atoms with Gasteiger partial charge in [-0.2, -0.15) is 0 Å². The van der Waals surface area contributed by atoms with Crippen molar-refractivity contribution in [2.75, 3.05) is 39.3 Å². The van der Waals surface area contributed by atoms with Gasteiger partial charge in [0.25, 0.3) is 5.91 Å². The van der Waals surface area contributed by atoms with Gasteiger partial charge in [0.05, 0.1) is 13.1 Å². The molecule has 0 spiro atoms. The zero-order chi connectivity index (χ0) is 16.8. The third-order valence-electron chi connectivity index (χ3n) is 3.63. The summed E-state index contributed by atoms with van der Waals surface area (Å²) in [6.45, 7) is 1.68. The molecule has 23 heavy (non-hydrogen) atoms. The van der Waals surface area contributed by atoms with Crippen LogP contribution in [0.1, 0.15) is 10.4 Å². The molecule has 1 saturated heterocycles. The summed E-state index contributed by atoms with van der Waals surface area (Å²) in [6, 6.07) is 7.19. The molecule has 3 N–H and O–H groups in total. The predicted octanol–water partition coefficient (Wildman–Crippen LogP) is -0.192. The largest absolute Gasteiger partial charge is 0.346 e. The topological polar surface area (TPSA) is 95.7 Å². The van der Waals surface area contributed by atoms with E-state index in [9.17, 15) is 14.4 Å². The molecule has 1 fully saturated rings. The normalized spacial score (nSPS) is 14.5. The molecule has 124 valence electrons. The fraction of sp³-hybridized carbons (Fsp3) is 0.400. The van der Waals surface area contributed by atoms with Crippen LogP contribution in [0.25, 0.3) is 0 Å². The molecule has 3 amide bonds. The Bertz CT molecular complexity index is 583. The minimum absolute atomic E-state index is 0.0407. The van der Waals surface area contributed by atoms with Gasteiger partial charge in [-0.1, -0.05) is 15.9 Å². The van der Waals surface area contributed by atoms with E-state index in [2.05, 4.69) is 21.2 Å². The minimum atomic E-state index is -0.359. The highest BCUT2D eigenvalue weighted by molar-refractivity contribution is 9.10. The maximum atomic E-state index is 12.4. The standard InChI is InChI=1S/C15H19BrN4O3/c16-12-3-1-11(2-4-12)15(23)20-7-5-19(6-8-20)14(22)10-18-13(21)9-17/h1-4H,5-10,17H2,(H,18,21). The lowest BCUT2D eigenvalue weighted by Crippen LogP contribution is -2.52. The summed E-state index contributed by atoms with van der Waals surface area (Å²) in [5.74, 6) is -0.564. The second-order valence-corrected chi connectivity index (χ2v) is 6.08. The molecule has 0 atom stereocenters. The molecule has 0 unspecified atom stereocenters. The van der Waals surface area contributed by atoms with E-state index in [-0.39, 0.29) is 30.8 Å². The lowest BCUT2D eigenvalue weighted by molar-refractivity contribution is -0.133. The van der Waals surface area contributed by atoms with E-state index in [1.165, 1.54) is 0 Å². The van der Waals surface area contributed by atoms with Crippen LogP contribution in [0, 0.1) is 0 Å². The zero-order valence-corrected chi connectivity index (χ0v) is 14.2. The van der Waals surface area contributed by atoms with Crippen molar-refractivity contribution in [1.82, 2.24) is 15.1 Å². The summed E-state index contributed by atoms with van der Waals surface area (Å²) in [5, 5.41) is 2.45. The van der Waals surface area contributed by atoms with Crippen LogP contribution in [0.3, 0.4) is 0 Å². The van der Waals surface area contributed by atoms with Crippen LogP contribution >= 0.6 is 15.9 Å². The fourth-order valence-corrected chi connectivity index (χ4v) is 2.56. The van der Waals surface area contributed by atoms with Gasteiger partial charge in [-0.3, -0.25) is 14.4 Å². The first kappa shape index (κ1) is 17.4. The molecule has 1 aliphatic rings. The Labute approximate surface area is 142 Å². The van der Waals surface area contributed by atoms with Crippen molar-refractivity contribution >= 4 is 33.7 Å². The van der Waals surface area contributed by atoms with Crippen molar-refractivity contribution < 1.29 is 14.4 Å². The van der Waals surface area contributed by atoms with E-state index < -0.39 is 0 Å². The van der Waals surface area contributed by atoms with Crippen molar-refractivity contribution in [3.63, 3.8) is 0 Å². The summed E-state index contributed by atoms with van der Waals surface area (Å²) < 4.78 is 0.920. The van der Waals surface area contributed by atoms with Crippen LogP contribution in [0.4, 0.5) is 0 Å². The van der Waals surface area contributed by atoms with E-state index in [0.29, 0.717) is 31.7 Å². The zero-order valence-electron chi connectivity index (χ0n) is 12.6. The van der Waals surface area contributed by atoms with Gasteiger partial charge in [-0.05, 0) is 24.3 Å². The van der Waals surface area contributed by atoms with Gasteiger partial charge < -0.3 is 20.9 Å². The highest BCUT2D eigenvalue weighted by Crippen LogP contribution is 2.13. The van der Waals surface area contributed by atoms with Gasteiger partial charge in [-0.15, -0.1) is 0 Å². The molecule has 0 bridgehead atoms. The van der Waals surface area contributed by atoms with E-state index in [1.807, 2.05) is 12.1 Å². The molecule has 1 heterocycles. The summed E-state index contributed by atoms with van der Waals surface area (Å²) in [6.07, 6.45) is 0. The second kappa shape index (κ2) is 8.07. The quantitative estimate of drug-likeness (QED) is 0.754. The number of carbonyl (C=O) groups is 3. The number of halogens is 1. The fourth-order valence-electron chi connectivity index (χ4n) is 2.29. The molecule has 0 aliphatic carbocycles. The molecule has 8 heteroatoms. The Morgan fingerprint density at radius 3 is 2.17 bits per heavy atom. The van der Waals surface area contributed by atoms with Gasteiger partial charge in [-0.25, -0.2) is 0 Å². The van der Waals surface area contributed by atoms with E-state index >= 15 is 0 Å². The monoisotopic (exact) mass is 382 g/mol. The number of piperazine rings is 1. The lowest BCUT2D eigenvalue weighted by atomic mass is 10.2. The molecular weight excluding hydrogens is 364 g/mol.